The summed E-state index contributed by atoms with van der Waals surface area (Å²) in [6.45, 7) is 2.02. The number of alkyl halides is 5. The molecule has 0 saturated carbocycles. The van der Waals surface area contributed by atoms with Crippen LogP contribution >= 0.6 is 0 Å². The number of hydrogen-bond donors (Lipinski definition) is 2. The Labute approximate surface area is 166 Å². The van der Waals surface area contributed by atoms with Gasteiger partial charge in [0.25, 0.3) is 6.43 Å². The van der Waals surface area contributed by atoms with Gasteiger partial charge in [-0.2, -0.15) is 23.4 Å². The van der Waals surface area contributed by atoms with E-state index in [0.717, 1.165) is 24.1 Å². The van der Waals surface area contributed by atoms with Gasteiger partial charge in [0.2, 0.25) is 6.35 Å². The second kappa shape index (κ2) is 6.72. The van der Waals surface area contributed by atoms with E-state index in [1.54, 1.807) is 6.92 Å². The van der Waals surface area contributed by atoms with Gasteiger partial charge < -0.3 is 15.3 Å². The normalized spacial score (nSPS) is 20.1. The summed E-state index contributed by atoms with van der Waals surface area (Å²) in [7, 11) is 0. The first kappa shape index (κ1) is 20.2. The lowest BCUT2D eigenvalue weighted by Crippen LogP contribution is -2.48. The minimum absolute atomic E-state index is 0.0272. The number of halogens is 5. The molecule has 2 atom stereocenters. The lowest BCUT2D eigenvalue weighted by Gasteiger charge is -2.31. The van der Waals surface area contributed by atoms with E-state index in [1.807, 2.05) is 0 Å². The first-order valence-corrected chi connectivity index (χ1v) is 8.75. The first-order valence-electron chi connectivity index (χ1n) is 8.75. The first-order chi connectivity index (χ1) is 14.0. The number of rotatable bonds is 4. The summed E-state index contributed by atoms with van der Waals surface area (Å²) in [6, 6.07) is 0.959. The summed E-state index contributed by atoms with van der Waals surface area (Å²) < 4.78 is 69.1. The van der Waals surface area contributed by atoms with E-state index >= 15 is 0 Å². The highest BCUT2D eigenvalue weighted by molar-refractivity contribution is 5.73. The van der Waals surface area contributed by atoms with Gasteiger partial charge >= 0.3 is 6.18 Å². The molecule has 0 spiro atoms. The Morgan fingerprint density at radius 2 is 2.00 bits per heavy atom. The Morgan fingerprint density at radius 3 is 2.67 bits per heavy atom. The number of nitrogens with zero attached hydrogens (tertiary/aromatic N) is 6. The molecule has 2 N–H and O–H groups in total. The van der Waals surface area contributed by atoms with Crippen LogP contribution in [0.25, 0.3) is 5.65 Å². The number of aryl methyl sites for hydroxylation is 1. The van der Waals surface area contributed by atoms with Crippen LogP contribution in [0.3, 0.4) is 0 Å². The Bertz CT molecular complexity index is 1100. The Kier molecular flexibility index (Phi) is 4.52. The van der Waals surface area contributed by atoms with E-state index in [1.165, 1.54) is 16.9 Å². The highest BCUT2D eigenvalue weighted by Gasteiger charge is 2.60. The van der Waals surface area contributed by atoms with E-state index in [9.17, 15) is 27.1 Å². The van der Waals surface area contributed by atoms with Gasteiger partial charge in [-0.1, -0.05) is 0 Å². The number of imidazole rings is 1. The molecule has 0 bridgehead atoms. The summed E-state index contributed by atoms with van der Waals surface area (Å²) >= 11 is 0. The molecular weight excluding hydrogens is 413 g/mol. The van der Waals surface area contributed by atoms with Crippen LogP contribution in [0.4, 0.5) is 33.3 Å². The van der Waals surface area contributed by atoms with Crippen molar-refractivity contribution in [1.82, 2.24) is 24.8 Å². The highest BCUT2D eigenvalue weighted by atomic mass is 19.4. The van der Waals surface area contributed by atoms with Crippen LogP contribution in [0.2, 0.25) is 0 Å². The maximum absolute atomic E-state index is 14.1. The fraction of sp³-hybridized carbons (Fsp3) is 0.412. The molecule has 1 aliphatic rings. The molecule has 3 aromatic rings. The molecule has 0 fully saturated rings. The van der Waals surface area contributed by atoms with Crippen molar-refractivity contribution in [3.05, 3.63) is 41.6 Å². The summed E-state index contributed by atoms with van der Waals surface area (Å²) in [5.41, 5.74) is -2.59. The average Bonchev–Trinajstić information content (AvgIpc) is 3.19. The van der Waals surface area contributed by atoms with Crippen molar-refractivity contribution in [2.75, 3.05) is 16.8 Å². The molecule has 13 heteroatoms. The van der Waals surface area contributed by atoms with Crippen molar-refractivity contribution < 1.29 is 27.1 Å². The van der Waals surface area contributed by atoms with Crippen LogP contribution in [-0.4, -0.2) is 49.0 Å². The summed E-state index contributed by atoms with van der Waals surface area (Å²) in [5, 5.41) is 23.9. The third-order valence-electron chi connectivity index (χ3n) is 5.05. The third-order valence-corrected chi connectivity index (χ3v) is 5.05. The highest BCUT2D eigenvalue weighted by Crippen LogP contribution is 2.51. The Balaban J connectivity index is 1.76. The van der Waals surface area contributed by atoms with Crippen LogP contribution in [0, 0.1) is 6.92 Å². The summed E-state index contributed by atoms with van der Waals surface area (Å²) in [4.78, 5) is 5.23. The molecule has 8 nitrogen and oxygen atoms in total. The second-order valence-electron chi connectivity index (χ2n) is 7.20. The third kappa shape index (κ3) is 3.09. The minimum atomic E-state index is -4.65. The lowest BCUT2D eigenvalue weighted by atomic mass is 9.84. The van der Waals surface area contributed by atoms with Crippen molar-refractivity contribution in [1.29, 1.82) is 0 Å². The van der Waals surface area contributed by atoms with Gasteiger partial charge in [-0.3, -0.25) is 0 Å². The van der Waals surface area contributed by atoms with Gasteiger partial charge in [0.1, 0.15) is 11.1 Å². The number of aromatic nitrogens is 5. The minimum Gasteiger partial charge on any atom is -0.356 e. The lowest BCUT2D eigenvalue weighted by molar-refractivity contribution is -0.180. The van der Waals surface area contributed by atoms with Gasteiger partial charge in [-0.25, -0.2) is 18.3 Å². The van der Waals surface area contributed by atoms with Gasteiger partial charge in [-0.05, 0) is 19.9 Å². The fourth-order valence-corrected chi connectivity index (χ4v) is 3.54. The largest absolute Gasteiger partial charge is 0.400 e. The summed E-state index contributed by atoms with van der Waals surface area (Å²) in [5.74, 6) is 0. The number of hydrogen-bond acceptors (Lipinski definition) is 7. The molecule has 160 valence electrons. The smallest absolute Gasteiger partial charge is 0.356 e. The van der Waals surface area contributed by atoms with Crippen molar-refractivity contribution in [3.63, 3.8) is 0 Å². The number of anilines is 2. The SMILES string of the molecule is Cc1cn2ncc3c(c2n1)[C@@](C)(C(F)(F)F)CN3C(O)Nc1cnnc(C(F)F)c1. The number of aliphatic hydroxyl groups is 1. The van der Waals surface area contributed by atoms with Gasteiger partial charge in [0.15, 0.2) is 5.65 Å². The molecule has 4 heterocycles. The van der Waals surface area contributed by atoms with Crippen LogP contribution in [0.15, 0.2) is 24.7 Å². The van der Waals surface area contributed by atoms with Crippen molar-refractivity contribution in [3.8, 4) is 0 Å². The molecule has 0 amide bonds. The standard InChI is InChI=1S/C17H16F5N7O/c1-8-6-29-14(25-8)12-11(5-24-29)28(7-16(12,2)17(20,21)22)15(30)26-9-3-10(13(18)19)27-23-4-9/h3-6,13,15,30H,7H2,1-2H3,(H,26,27)/t15?,16-/m0/s1. The van der Waals surface area contributed by atoms with Crippen LogP contribution in [0.1, 0.15) is 30.3 Å². The van der Waals surface area contributed by atoms with E-state index in [2.05, 4.69) is 25.6 Å². The maximum Gasteiger partial charge on any atom is 0.400 e. The van der Waals surface area contributed by atoms with Crippen molar-refractivity contribution in [2.45, 2.75) is 38.2 Å². The zero-order chi connectivity index (χ0) is 21.8. The molecule has 0 saturated heterocycles. The molecule has 1 unspecified atom stereocenters. The Hall–Kier alpha value is -3.09. The van der Waals surface area contributed by atoms with Crippen LogP contribution in [0.5, 0.6) is 0 Å². The number of nitrogens with one attached hydrogen (secondary N) is 1. The predicted octanol–water partition coefficient (Wildman–Crippen LogP) is 2.79. The zero-order valence-electron chi connectivity index (χ0n) is 15.7. The second-order valence-corrected chi connectivity index (χ2v) is 7.20. The van der Waals surface area contributed by atoms with Gasteiger partial charge in [0.05, 0.1) is 35.7 Å². The van der Waals surface area contributed by atoms with Crippen LogP contribution < -0.4 is 10.2 Å². The predicted molar refractivity (Wildman–Crippen MR) is 95.1 cm³/mol. The van der Waals surface area contributed by atoms with Crippen LogP contribution in [-0.2, 0) is 5.41 Å². The zero-order valence-corrected chi connectivity index (χ0v) is 15.7. The average molecular weight is 429 g/mol. The molecule has 0 radical (unpaired) electrons. The maximum atomic E-state index is 14.1. The molecule has 30 heavy (non-hydrogen) atoms. The molecule has 0 aromatic carbocycles. The van der Waals surface area contributed by atoms with Crippen molar-refractivity contribution >= 4 is 17.0 Å². The summed E-state index contributed by atoms with van der Waals surface area (Å²) in [6.07, 6.45) is -5.44. The topological polar surface area (TPSA) is 91.5 Å². The number of fused-ring (bicyclic) bond motifs is 3. The number of aliphatic hydroxyl groups excluding tert-OH is 1. The molecule has 4 rings (SSSR count). The molecule has 1 aliphatic heterocycles. The van der Waals surface area contributed by atoms with E-state index in [-0.39, 0.29) is 22.6 Å². The van der Waals surface area contributed by atoms with E-state index < -0.39 is 36.6 Å². The van der Waals surface area contributed by atoms with Gasteiger partial charge in [0, 0.05) is 12.1 Å². The molecule has 0 aliphatic carbocycles. The van der Waals surface area contributed by atoms with Crippen molar-refractivity contribution in [2.24, 2.45) is 0 Å². The van der Waals surface area contributed by atoms with E-state index in [4.69, 9.17) is 0 Å². The van der Waals surface area contributed by atoms with E-state index in [0.29, 0.717) is 5.69 Å². The monoisotopic (exact) mass is 429 g/mol. The van der Waals surface area contributed by atoms with Gasteiger partial charge in [-0.15, -0.1) is 5.10 Å². The molecular formula is C17H16F5N7O. The Morgan fingerprint density at radius 1 is 1.27 bits per heavy atom. The molecule has 3 aromatic heterocycles. The fourth-order valence-electron chi connectivity index (χ4n) is 3.54. The quantitative estimate of drug-likeness (QED) is 0.487.